The lowest BCUT2D eigenvalue weighted by atomic mass is 10.1. The van der Waals surface area contributed by atoms with Crippen molar-refractivity contribution in [3.05, 3.63) is 30.6 Å². The Morgan fingerprint density at radius 3 is 2.81 bits per heavy atom. The quantitative estimate of drug-likeness (QED) is 0.636. The van der Waals surface area contributed by atoms with Crippen molar-refractivity contribution >= 4 is 16.7 Å². The predicted molar refractivity (Wildman–Crippen MR) is 105 cm³/mol. The predicted octanol–water partition coefficient (Wildman–Crippen LogP) is 3.16. The molecule has 2 aromatic heterocycles. The van der Waals surface area contributed by atoms with E-state index in [-0.39, 0.29) is 12.2 Å². The van der Waals surface area contributed by atoms with Gasteiger partial charge in [-0.15, -0.1) is 0 Å². The van der Waals surface area contributed by atoms with Gasteiger partial charge in [0, 0.05) is 24.5 Å². The molecule has 2 heterocycles. The summed E-state index contributed by atoms with van der Waals surface area (Å²) < 4.78 is 6.10. The number of rotatable bonds is 8. The van der Waals surface area contributed by atoms with Crippen molar-refractivity contribution in [2.45, 2.75) is 38.7 Å². The molecule has 1 saturated carbocycles. The Kier molecular flexibility index (Phi) is 4.70. The fourth-order valence-electron chi connectivity index (χ4n) is 3.20. The Balaban J connectivity index is 1.69. The van der Waals surface area contributed by atoms with E-state index in [1.54, 1.807) is 6.33 Å². The molecule has 1 aromatic carbocycles. The van der Waals surface area contributed by atoms with E-state index in [0.717, 1.165) is 59.7 Å². The van der Waals surface area contributed by atoms with Gasteiger partial charge in [0.15, 0.2) is 0 Å². The van der Waals surface area contributed by atoms with Gasteiger partial charge in [0.2, 0.25) is 0 Å². The Morgan fingerprint density at radius 1 is 1.22 bits per heavy atom. The van der Waals surface area contributed by atoms with E-state index < -0.39 is 0 Å². The van der Waals surface area contributed by atoms with Crippen LogP contribution >= 0.6 is 0 Å². The molecule has 1 aliphatic rings. The van der Waals surface area contributed by atoms with Crippen molar-refractivity contribution in [2.75, 3.05) is 24.6 Å². The molecule has 0 atom stereocenters. The van der Waals surface area contributed by atoms with E-state index in [1.807, 2.05) is 24.3 Å². The molecule has 27 heavy (non-hydrogen) atoms. The van der Waals surface area contributed by atoms with E-state index in [1.165, 1.54) is 0 Å². The molecule has 1 aliphatic carbocycles. The Bertz CT molecular complexity index is 929. The summed E-state index contributed by atoms with van der Waals surface area (Å²) in [5.74, 6) is 1.65. The van der Waals surface area contributed by atoms with Gasteiger partial charge in [-0.1, -0.05) is 6.92 Å². The van der Waals surface area contributed by atoms with Gasteiger partial charge in [-0.3, -0.25) is 5.10 Å². The average Bonchev–Trinajstić information content (AvgIpc) is 3.25. The molecule has 7 nitrogen and oxygen atoms in total. The average molecular weight is 367 g/mol. The van der Waals surface area contributed by atoms with Crippen LogP contribution < -0.4 is 9.64 Å². The number of nitrogens with one attached hydrogen (secondary N) is 1. The Labute approximate surface area is 158 Å². The lowest BCUT2D eigenvalue weighted by molar-refractivity contribution is 0.200. The van der Waals surface area contributed by atoms with Gasteiger partial charge in [0.05, 0.1) is 17.8 Å². The first-order valence-corrected chi connectivity index (χ1v) is 9.47. The second-order valence-corrected chi connectivity index (χ2v) is 7.30. The van der Waals surface area contributed by atoms with Gasteiger partial charge in [0.1, 0.15) is 29.2 Å². The fourth-order valence-corrected chi connectivity index (χ4v) is 3.20. The van der Waals surface area contributed by atoms with Crippen molar-refractivity contribution in [2.24, 2.45) is 0 Å². The molecule has 0 spiro atoms. The number of benzene rings is 1. The first-order chi connectivity index (χ1) is 13.1. The molecule has 1 fully saturated rings. The van der Waals surface area contributed by atoms with Crippen LogP contribution in [0.2, 0.25) is 0 Å². The first kappa shape index (κ1) is 17.7. The highest BCUT2D eigenvalue weighted by Gasteiger charge is 2.40. The standard InChI is InChI=1S/C20H25N5O2/c1-3-8-25(9-10-26)18-12-17(21-13-22-18)19-15-11-14(27-20(2)6-7-20)4-5-16(15)23-24-19/h4-5,11-13,26H,3,6-10H2,1-2H3,(H,23,24). The summed E-state index contributed by atoms with van der Waals surface area (Å²) in [7, 11) is 0. The van der Waals surface area contributed by atoms with Crippen LogP contribution in [0.4, 0.5) is 5.82 Å². The zero-order valence-corrected chi connectivity index (χ0v) is 15.8. The normalized spacial score (nSPS) is 15.1. The van der Waals surface area contributed by atoms with Crippen LogP contribution in [0.5, 0.6) is 5.75 Å². The summed E-state index contributed by atoms with van der Waals surface area (Å²) in [6.45, 7) is 5.70. The Morgan fingerprint density at radius 2 is 2.07 bits per heavy atom. The lowest BCUT2D eigenvalue weighted by Crippen LogP contribution is -2.28. The summed E-state index contributed by atoms with van der Waals surface area (Å²) in [6, 6.07) is 7.92. The van der Waals surface area contributed by atoms with Crippen LogP contribution in [0.3, 0.4) is 0 Å². The molecule has 3 aromatic rings. The molecule has 0 unspecified atom stereocenters. The number of aliphatic hydroxyl groups is 1. The number of nitrogens with zero attached hydrogens (tertiary/aromatic N) is 4. The van der Waals surface area contributed by atoms with Crippen molar-refractivity contribution in [1.29, 1.82) is 0 Å². The zero-order valence-electron chi connectivity index (χ0n) is 15.8. The van der Waals surface area contributed by atoms with E-state index in [0.29, 0.717) is 6.54 Å². The number of fused-ring (bicyclic) bond motifs is 1. The van der Waals surface area contributed by atoms with Crippen LogP contribution in [0.15, 0.2) is 30.6 Å². The zero-order chi connectivity index (χ0) is 18.9. The molecule has 4 rings (SSSR count). The number of hydrogen-bond donors (Lipinski definition) is 2. The highest BCUT2D eigenvalue weighted by molar-refractivity contribution is 5.93. The summed E-state index contributed by atoms with van der Waals surface area (Å²) in [4.78, 5) is 10.9. The third kappa shape index (κ3) is 3.73. The van der Waals surface area contributed by atoms with Gasteiger partial charge < -0.3 is 14.7 Å². The summed E-state index contributed by atoms with van der Waals surface area (Å²) in [5, 5.41) is 17.9. The maximum Gasteiger partial charge on any atom is 0.132 e. The lowest BCUT2D eigenvalue weighted by Gasteiger charge is -2.22. The third-order valence-electron chi connectivity index (χ3n) is 4.94. The second kappa shape index (κ2) is 7.15. The number of ether oxygens (including phenoxy) is 1. The molecule has 0 aliphatic heterocycles. The van der Waals surface area contributed by atoms with Gasteiger partial charge in [0.25, 0.3) is 0 Å². The molecule has 0 radical (unpaired) electrons. The summed E-state index contributed by atoms with van der Waals surface area (Å²) in [6.07, 6.45) is 4.72. The van der Waals surface area contributed by atoms with Crippen LogP contribution in [-0.2, 0) is 0 Å². The fraction of sp³-hybridized carbons (Fsp3) is 0.450. The monoisotopic (exact) mass is 367 g/mol. The molecular weight excluding hydrogens is 342 g/mol. The molecule has 0 saturated heterocycles. The van der Waals surface area contributed by atoms with Crippen molar-refractivity contribution in [3.63, 3.8) is 0 Å². The summed E-state index contributed by atoms with van der Waals surface area (Å²) >= 11 is 0. The van der Waals surface area contributed by atoms with E-state index >= 15 is 0 Å². The largest absolute Gasteiger partial charge is 0.488 e. The number of anilines is 1. The van der Waals surface area contributed by atoms with E-state index in [4.69, 9.17) is 4.74 Å². The van der Waals surface area contributed by atoms with Crippen LogP contribution in [0.1, 0.15) is 33.1 Å². The molecule has 0 bridgehead atoms. The van der Waals surface area contributed by atoms with Gasteiger partial charge in [-0.2, -0.15) is 5.10 Å². The topological polar surface area (TPSA) is 87.2 Å². The van der Waals surface area contributed by atoms with Crippen LogP contribution in [-0.4, -0.2) is 50.6 Å². The first-order valence-electron chi connectivity index (χ1n) is 9.47. The third-order valence-corrected chi connectivity index (χ3v) is 4.94. The SMILES string of the molecule is CCCN(CCO)c1cc(-c2n[nH]c3ccc(OC4(C)CC4)cc23)ncn1. The number of hydrogen-bond acceptors (Lipinski definition) is 6. The minimum atomic E-state index is -0.0232. The molecule has 2 N–H and O–H groups in total. The molecule has 142 valence electrons. The molecular formula is C20H25N5O2. The van der Waals surface area contributed by atoms with Crippen molar-refractivity contribution < 1.29 is 9.84 Å². The molecule has 7 heteroatoms. The highest BCUT2D eigenvalue weighted by Crippen LogP contribution is 2.40. The minimum Gasteiger partial charge on any atom is -0.488 e. The maximum atomic E-state index is 9.33. The van der Waals surface area contributed by atoms with Gasteiger partial charge in [-0.25, -0.2) is 9.97 Å². The smallest absolute Gasteiger partial charge is 0.132 e. The van der Waals surface area contributed by atoms with E-state index in [2.05, 4.69) is 38.9 Å². The number of H-pyrrole nitrogens is 1. The number of aromatic amines is 1. The Hall–Kier alpha value is -2.67. The summed E-state index contributed by atoms with van der Waals surface area (Å²) in [5.41, 5.74) is 2.45. The van der Waals surface area contributed by atoms with Gasteiger partial charge >= 0.3 is 0 Å². The second-order valence-electron chi connectivity index (χ2n) is 7.30. The maximum absolute atomic E-state index is 9.33. The van der Waals surface area contributed by atoms with Crippen LogP contribution in [0.25, 0.3) is 22.3 Å². The number of aromatic nitrogens is 4. The minimum absolute atomic E-state index is 0.0232. The number of aliphatic hydroxyl groups excluding tert-OH is 1. The highest BCUT2D eigenvalue weighted by atomic mass is 16.5. The van der Waals surface area contributed by atoms with Gasteiger partial charge in [-0.05, 0) is 44.4 Å². The molecule has 0 amide bonds. The van der Waals surface area contributed by atoms with Crippen molar-refractivity contribution in [3.8, 4) is 17.1 Å². The van der Waals surface area contributed by atoms with Crippen LogP contribution in [0, 0.1) is 0 Å². The van der Waals surface area contributed by atoms with E-state index in [9.17, 15) is 5.11 Å². The van der Waals surface area contributed by atoms with Crippen molar-refractivity contribution in [1.82, 2.24) is 20.2 Å².